The largest absolute Gasteiger partial charge is 0.478 e. The zero-order chi connectivity index (χ0) is 13.8. The minimum atomic E-state index is -0.888. The summed E-state index contributed by atoms with van der Waals surface area (Å²) < 4.78 is 2.09. The highest BCUT2D eigenvalue weighted by atomic mass is 32.2. The van der Waals surface area contributed by atoms with Crippen molar-refractivity contribution < 1.29 is 9.90 Å². The number of nitrogens with zero attached hydrogens (tertiary/aromatic N) is 2. The predicted molar refractivity (Wildman–Crippen MR) is 75.6 cm³/mol. The fraction of sp³-hybridized carbons (Fsp3) is 0.286. The maximum Gasteiger partial charge on any atom is 0.336 e. The summed E-state index contributed by atoms with van der Waals surface area (Å²) in [5, 5.41) is 9.13. The lowest BCUT2D eigenvalue weighted by molar-refractivity contribution is 0.0693. The van der Waals surface area contributed by atoms with Gasteiger partial charge in [-0.2, -0.15) is 0 Å². The van der Waals surface area contributed by atoms with Crippen LogP contribution < -0.4 is 0 Å². The molecule has 4 nitrogen and oxygen atoms in total. The van der Waals surface area contributed by atoms with Crippen LogP contribution in [0.4, 0.5) is 0 Å². The van der Waals surface area contributed by atoms with Gasteiger partial charge in [0.1, 0.15) is 0 Å². The van der Waals surface area contributed by atoms with Gasteiger partial charge in [0.05, 0.1) is 11.9 Å². The lowest BCUT2D eigenvalue weighted by atomic mass is 10.2. The monoisotopic (exact) mass is 276 g/mol. The zero-order valence-corrected chi connectivity index (χ0v) is 11.7. The molecule has 1 aromatic carbocycles. The summed E-state index contributed by atoms with van der Waals surface area (Å²) in [6.07, 6.45) is 3.64. The highest BCUT2D eigenvalue weighted by Crippen LogP contribution is 2.27. The average molecular weight is 276 g/mol. The third-order valence-electron chi connectivity index (χ3n) is 2.80. The molecule has 0 aliphatic rings. The molecular weight excluding hydrogens is 260 g/mol. The fourth-order valence-electron chi connectivity index (χ4n) is 1.83. The molecule has 0 bridgehead atoms. The van der Waals surface area contributed by atoms with Gasteiger partial charge in [-0.3, -0.25) is 0 Å². The standard InChI is InChI=1S/C14H16N2O2S/c1-10(2)16-9-15-7-11(16)8-19-13-6-4-3-5-12(13)14(17)18/h3-7,9-10H,8H2,1-2H3,(H,17,18). The van der Waals surface area contributed by atoms with Crippen LogP contribution in [0.2, 0.25) is 0 Å². The number of thioether (sulfide) groups is 1. The summed E-state index contributed by atoms with van der Waals surface area (Å²) in [6, 6.07) is 7.42. The summed E-state index contributed by atoms with van der Waals surface area (Å²) in [5.74, 6) is -0.178. The third kappa shape index (κ3) is 3.17. The van der Waals surface area contributed by atoms with Gasteiger partial charge in [-0.15, -0.1) is 11.8 Å². The smallest absolute Gasteiger partial charge is 0.336 e. The Morgan fingerprint density at radius 1 is 1.42 bits per heavy atom. The fourth-order valence-corrected chi connectivity index (χ4v) is 2.84. The Hall–Kier alpha value is -1.75. The van der Waals surface area contributed by atoms with E-state index in [1.54, 1.807) is 12.1 Å². The molecular formula is C14H16N2O2S. The second-order valence-corrected chi connectivity index (χ2v) is 5.49. The molecule has 19 heavy (non-hydrogen) atoms. The van der Waals surface area contributed by atoms with E-state index in [9.17, 15) is 4.79 Å². The molecule has 2 rings (SSSR count). The van der Waals surface area contributed by atoms with Crippen molar-refractivity contribution in [2.45, 2.75) is 30.5 Å². The molecule has 1 N–H and O–H groups in total. The highest BCUT2D eigenvalue weighted by Gasteiger charge is 2.11. The van der Waals surface area contributed by atoms with E-state index in [-0.39, 0.29) is 0 Å². The Balaban J connectivity index is 2.15. The van der Waals surface area contributed by atoms with Crippen LogP contribution in [0.15, 0.2) is 41.7 Å². The van der Waals surface area contributed by atoms with Gasteiger partial charge in [0, 0.05) is 28.6 Å². The predicted octanol–water partition coefficient (Wildman–Crippen LogP) is 3.45. The highest BCUT2D eigenvalue weighted by molar-refractivity contribution is 7.98. The summed E-state index contributed by atoms with van der Waals surface area (Å²) in [5.41, 5.74) is 1.45. The molecule has 0 radical (unpaired) electrons. The van der Waals surface area contributed by atoms with E-state index in [1.807, 2.05) is 24.7 Å². The number of hydrogen-bond acceptors (Lipinski definition) is 3. The quantitative estimate of drug-likeness (QED) is 0.850. The first-order chi connectivity index (χ1) is 9.09. The number of rotatable bonds is 5. The van der Waals surface area contributed by atoms with Gasteiger partial charge in [-0.05, 0) is 26.0 Å². The molecule has 0 aliphatic heterocycles. The molecule has 0 saturated carbocycles. The number of hydrogen-bond donors (Lipinski definition) is 1. The lowest BCUT2D eigenvalue weighted by Gasteiger charge is -2.12. The first-order valence-corrected chi connectivity index (χ1v) is 7.04. The van der Waals surface area contributed by atoms with Crippen molar-refractivity contribution in [3.63, 3.8) is 0 Å². The van der Waals surface area contributed by atoms with Crippen LogP contribution in [0.25, 0.3) is 0 Å². The SMILES string of the molecule is CC(C)n1cncc1CSc1ccccc1C(=O)O. The molecule has 100 valence electrons. The van der Waals surface area contributed by atoms with Crippen LogP contribution in [-0.4, -0.2) is 20.6 Å². The van der Waals surface area contributed by atoms with E-state index >= 15 is 0 Å². The number of imidazole rings is 1. The maximum absolute atomic E-state index is 11.1. The Kier molecular flexibility index (Phi) is 4.27. The maximum atomic E-state index is 11.1. The van der Waals surface area contributed by atoms with E-state index in [0.29, 0.717) is 17.4 Å². The minimum absolute atomic E-state index is 0.350. The van der Waals surface area contributed by atoms with Crippen LogP contribution in [-0.2, 0) is 5.75 Å². The van der Waals surface area contributed by atoms with E-state index in [1.165, 1.54) is 11.8 Å². The molecule has 0 unspecified atom stereocenters. The van der Waals surface area contributed by atoms with Crippen molar-refractivity contribution in [1.82, 2.24) is 9.55 Å². The molecule has 1 aromatic heterocycles. The number of carbonyl (C=O) groups is 1. The summed E-state index contributed by atoms with van der Waals surface area (Å²) in [7, 11) is 0. The van der Waals surface area contributed by atoms with Gasteiger partial charge in [0.15, 0.2) is 0 Å². The number of benzene rings is 1. The van der Waals surface area contributed by atoms with Crippen LogP contribution in [0.5, 0.6) is 0 Å². The number of aromatic nitrogens is 2. The van der Waals surface area contributed by atoms with Gasteiger partial charge in [0.2, 0.25) is 0 Å². The Labute approximate surface area is 116 Å². The molecule has 0 amide bonds. The Bertz CT molecular complexity index is 578. The molecule has 0 saturated heterocycles. The van der Waals surface area contributed by atoms with E-state index in [2.05, 4.69) is 23.4 Å². The summed E-state index contributed by atoms with van der Waals surface area (Å²) >= 11 is 1.52. The van der Waals surface area contributed by atoms with Crippen LogP contribution in [0.1, 0.15) is 35.9 Å². The van der Waals surface area contributed by atoms with Crippen molar-refractivity contribution in [3.8, 4) is 0 Å². The van der Waals surface area contributed by atoms with Gasteiger partial charge in [0.25, 0.3) is 0 Å². The summed E-state index contributed by atoms with van der Waals surface area (Å²) in [6.45, 7) is 4.20. The molecule has 1 heterocycles. The van der Waals surface area contributed by atoms with Crippen molar-refractivity contribution >= 4 is 17.7 Å². The van der Waals surface area contributed by atoms with Crippen molar-refractivity contribution in [3.05, 3.63) is 48.0 Å². The van der Waals surface area contributed by atoms with Crippen molar-refractivity contribution in [2.24, 2.45) is 0 Å². The van der Waals surface area contributed by atoms with Gasteiger partial charge < -0.3 is 9.67 Å². The van der Waals surface area contributed by atoms with E-state index in [4.69, 9.17) is 5.11 Å². The van der Waals surface area contributed by atoms with E-state index in [0.717, 1.165) is 10.6 Å². The van der Waals surface area contributed by atoms with Crippen molar-refractivity contribution in [1.29, 1.82) is 0 Å². The topological polar surface area (TPSA) is 55.1 Å². The average Bonchev–Trinajstić information content (AvgIpc) is 2.85. The third-order valence-corrected chi connectivity index (χ3v) is 3.90. The normalized spacial score (nSPS) is 10.9. The van der Waals surface area contributed by atoms with Gasteiger partial charge >= 0.3 is 5.97 Å². The van der Waals surface area contributed by atoms with Crippen LogP contribution >= 0.6 is 11.8 Å². The van der Waals surface area contributed by atoms with Crippen molar-refractivity contribution in [2.75, 3.05) is 0 Å². The first-order valence-electron chi connectivity index (χ1n) is 6.05. The number of aromatic carboxylic acids is 1. The van der Waals surface area contributed by atoms with Crippen LogP contribution in [0, 0.1) is 0 Å². The second-order valence-electron chi connectivity index (χ2n) is 4.48. The van der Waals surface area contributed by atoms with Gasteiger partial charge in [-0.1, -0.05) is 12.1 Å². The lowest BCUT2D eigenvalue weighted by Crippen LogP contribution is -2.03. The zero-order valence-electron chi connectivity index (χ0n) is 10.9. The second kappa shape index (κ2) is 5.93. The molecule has 0 spiro atoms. The van der Waals surface area contributed by atoms with Crippen LogP contribution in [0.3, 0.4) is 0 Å². The molecule has 5 heteroatoms. The summed E-state index contributed by atoms with van der Waals surface area (Å²) in [4.78, 5) is 16.1. The Morgan fingerprint density at radius 2 is 2.16 bits per heavy atom. The number of carboxylic acids is 1. The molecule has 0 aliphatic carbocycles. The molecule has 0 atom stereocenters. The number of carboxylic acid groups (broad SMARTS) is 1. The Morgan fingerprint density at radius 3 is 2.84 bits per heavy atom. The minimum Gasteiger partial charge on any atom is -0.478 e. The van der Waals surface area contributed by atoms with Gasteiger partial charge in [-0.25, -0.2) is 9.78 Å². The first kappa shape index (κ1) is 13.7. The van der Waals surface area contributed by atoms with E-state index < -0.39 is 5.97 Å². The molecule has 0 fully saturated rings. The molecule has 2 aromatic rings.